The molecule has 1 N–H and O–H groups in total. The summed E-state index contributed by atoms with van der Waals surface area (Å²) < 4.78 is 98.4. The molecule has 42 heavy (non-hydrogen) atoms. The molecule has 10 nitrogen and oxygen atoms in total. The molecule has 5 aromatic heterocycles. The van der Waals surface area contributed by atoms with Crippen molar-refractivity contribution in [1.82, 2.24) is 39.3 Å². The number of hydrogen-bond acceptors (Lipinski definition) is 7. The number of amides is 1. The second kappa shape index (κ2) is 9.56. The number of nitrogens with one attached hydrogen (secondary N) is 1. The van der Waals surface area contributed by atoms with E-state index >= 15 is 0 Å². The van der Waals surface area contributed by atoms with Gasteiger partial charge in [-0.25, -0.2) is 28.5 Å². The Morgan fingerprint density at radius 1 is 1.07 bits per heavy atom. The number of rotatable bonds is 5. The van der Waals surface area contributed by atoms with Crippen LogP contribution in [0.1, 0.15) is 48.2 Å². The van der Waals surface area contributed by atoms with Crippen molar-refractivity contribution >= 4 is 17.2 Å². The molecular weight excluding hydrogens is 575 g/mol. The van der Waals surface area contributed by atoms with Gasteiger partial charge in [0.2, 0.25) is 11.9 Å². The average molecular weight is 591 g/mol. The fourth-order valence-electron chi connectivity index (χ4n) is 5.21. The summed E-state index contributed by atoms with van der Waals surface area (Å²) in [6, 6.07) is 1.64. The summed E-state index contributed by atoms with van der Waals surface area (Å²) >= 11 is 0. The van der Waals surface area contributed by atoms with Gasteiger partial charge in [-0.05, 0) is 19.4 Å². The van der Waals surface area contributed by atoms with E-state index in [0.717, 1.165) is 29.3 Å². The first-order chi connectivity index (χ1) is 19.9. The third kappa shape index (κ3) is 4.40. The lowest BCUT2D eigenvalue weighted by Gasteiger charge is -2.24. The highest BCUT2D eigenvalue weighted by Gasteiger charge is 2.48. The van der Waals surface area contributed by atoms with Crippen molar-refractivity contribution in [2.24, 2.45) is 0 Å². The number of halogens is 7. The van der Waals surface area contributed by atoms with Crippen LogP contribution in [0.5, 0.6) is 0 Å². The summed E-state index contributed by atoms with van der Waals surface area (Å²) in [6.07, 6.45) is 0.980. The van der Waals surface area contributed by atoms with Gasteiger partial charge >= 0.3 is 12.7 Å². The van der Waals surface area contributed by atoms with Crippen LogP contribution < -0.4 is 5.32 Å². The van der Waals surface area contributed by atoms with Gasteiger partial charge < -0.3 is 5.32 Å². The summed E-state index contributed by atoms with van der Waals surface area (Å²) in [5.41, 5.74) is -3.54. The molecule has 1 aliphatic rings. The molecule has 0 bridgehead atoms. The Morgan fingerprint density at radius 3 is 2.55 bits per heavy atom. The van der Waals surface area contributed by atoms with Crippen LogP contribution in [0.4, 0.5) is 36.4 Å². The normalized spacial score (nSPS) is 18.5. The maximum atomic E-state index is 14.2. The summed E-state index contributed by atoms with van der Waals surface area (Å²) in [5.74, 6) is -3.87. The highest BCUT2D eigenvalue weighted by atomic mass is 19.4. The second-order valence-corrected chi connectivity index (χ2v) is 9.70. The van der Waals surface area contributed by atoms with Crippen molar-refractivity contribution in [2.45, 2.75) is 37.4 Å². The molecule has 5 aromatic rings. The number of pyridine rings is 1. The Labute approximate surface area is 230 Å². The summed E-state index contributed by atoms with van der Waals surface area (Å²) in [6.45, 7) is -1.32. The van der Waals surface area contributed by atoms with E-state index in [0.29, 0.717) is 16.9 Å². The van der Waals surface area contributed by atoms with Crippen LogP contribution in [0, 0.1) is 11.8 Å². The molecule has 0 aromatic carbocycles. The smallest absolute Gasteiger partial charge is 0.324 e. The Balaban J connectivity index is 1.40. The van der Waals surface area contributed by atoms with Crippen molar-refractivity contribution < 1.29 is 35.5 Å². The van der Waals surface area contributed by atoms with Gasteiger partial charge in [0.15, 0.2) is 11.5 Å². The van der Waals surface area contributed by atoms with Crippen LogP contribution in [-0.2, 0) is 16.4 Å². The molecule has 1 aliphatic carbocycles. The fraction of sp³-hybridized carbons (Fsp3) is 0.240. The first-order valence-electron chi connectivity index (χ1n) is 12.1. The number of anilines is 1. The molecule has 0 fully saturated rings. The molecule has 0 aliphatic heterocycles. The van der Waals surface area contributed by atoms with E-state index in [2.05, 4.69) is 35.5 Å². The quantitative estimate of drug-likeness (QED) is 0.289. The molecule has 17 heteroatoms. The topological polar surface area (TPSA) is 116 Å². The van der Waals surface area contributed by atoms with Gasteiger partial charge in [-0.1, -0.05) is 0 Å². The van der Waals surface area contributed by atoms with Crippen LogP contribution in [0.3, 0.4) is 0 Å². The number of carbonyl (C=O) groups excluding carboxylic acids is 1. The number of alkyl halides is 5. The van der Waals surface area contributed by atoms with Gasteiger partial charge in [0.25, 0.3) is 0 Å². The molecule has 2 atom stereocenters. The molecule has 1 amide bonds. The fourth-order valence-corrected chi connectivity index (χ4v) is 5.21. The zero-order valence-corrected chi connectivity index (χ0v) is 21.1. The SMILES string of the molecule is C[C@]1(c2cnn(C(F)F)c2)C[C@@H](C(=O)Nc2cnc(-c3ncncc3F)c(C(F)(F)F)c2)c2cnc3cc(F)nn3c21. The number of nitrogens with zero attached hydrogens (tertiary/aromatic N) is 8. The molecule has 0 spiro atoms. The van der Waals surface area contributed by atoms with Crippen LogP contribution >= 0.6 is 0 Å². The van der Waals surface area contributed by atoms with Crippen molar-refractivity contribution in [1.29, 1.82) is 0 Å². The molecule has 6 rings (SSSR count). The molecule has 0 radical (unpaired) electrons. The third-order valence-electron chi connectivity index (χ3n) is 7.10. The Bertz CT molecular complexity index is 1850. The summed E-state index contributed by atoms with van der Waals surface area (Å²) in [4.78, 5) is 28.4. The van der Waals surface area contributed by atoms with Crippen molar-refractivity contribution in [2.75, 3.05) is 5.32 Å². The van der Waals surface area contributed by atoms with Gasteiger partial charge in [0, 0.05) is 35.0 Å². The van der Waals surface area contributed by atoms with Crippen LogP contribution in [0.2, 0.25) is 0 Å². The highest BCUT2D eigenvalue weighted by molar-refractivity contribution is 5.97. The third-order valence-corrected chi connectivity index (χ3v) is 7.10. The van der Waals surface area contributed by atoms with Gasteiger partial charge in [-0.2, -0.15) is 31.4 Å². The lowest BCUT2D eigenvalue weighted by atomic mass is 9.80. The molecule has 0 saturated carbocycles. The largest absolute Gasteiger partial charge is 0.418 e. The minimum absolute atomic E-state index is 0.0742. The maximum Gasteiger partial charge on any atom is 0.418 e. The zero-order chi connectivity index (χ0) is 30.0. The van der Waals surface area contributed by atoms with Crippen LogP contribution in [0.15, 0.2) is 49.4 Å². The lowest BCUT2D eigenvalue weighted by Crippen LogP contribution is -2.25. The molecule has 216 valence electrons. The standard InChI is InChI=1S/C25H16F7N9O/c1-24(11-5-37-40(9-11)23(28)29)4-13(14-7-34-18-3-17(27)39-41(18)21(14)24)22(42)38-12-2-15(25(30,31)32)19(35-6-12)20-16(26)8-33-10-36-20/h2-3,5-10,13,23H,4H2,1H3,(H,38,42)/t13-,24-/m1/s1. The van der Waals surface area contributed by atoms with E-state index in [-0.39, 0.29) is 34.6 Å². The Morgan fingerprint density at radius 2 is 1.86 bits per heavy atom. The monoisotopic (exact) mass is 591 g/mol. The first-order valence-corrected chi connectivity index (χ1v) is 12.1. The predicted molar refractivity (Wildman–Crippen MR) is 129 cm³/mol. The van der Waals surface area contributed by atoms with Gasteiger partial charge in [-0.15, -0.1) is 5.10 Å². The van der Waals surface area contributed by atoms with Gasteiger partial charge in [0.1, 0.15) is 17.7 Å². The minimum atomic E-state index is -5.00. The number of fused-ring (bicyclic) bond motifs is 3. The minimum Gasteiger partial charge on any atom is -0.324 e. The van der Waals surface area contributed by atoms with E-state index in [1.54, 1.807) is 6.92 Å². The maximum absolute atomic E-state index is 14.2. The number of carbonyl (C=O) groups is 1. The molecule has 0 unspecified atom stereocenters. The summed E-state index contributed by atoms with van der Waals surface area (Å²) in [5, 5.41) is 9.88. The van der Waals surface area contributed by atoms with Crippen LogP contribution in [0.25, 0.3) is 17.0 Å². The number of hydrogen-bond donors (Lipinski definition) is 1. The second-order valence-electron chi connectivity index (χ2n) is 9.70. The Kier molecular flexibility index (Phi) is 6.20. The van der Waals surface area contributed by atoms with Crippen LogP contribution in [-0.4, -0.2) is 45.2 Å². The van der Waals surface area contributed by atoms with Crippen molar-refractivity contribution in [3.05, 3.63) is 83.6 Å². The summed E-state index contributed by atoms with van der Waals surface area (Å²) in [7, 11) is 0. The molecule has 5 heterocycles. The van der Waals surface area contributed by atoms with Gasteiger partial charge in [0.05, 0.1) is 41.5 Å². The van der Waals surface area contributed by atoms with Crippen molar-refractivity contribution in [3.8, 4) is 11.4 Å². The lowest BCUT2D eigenvalue weighted by molar-refractivity contribution is -0.137. The first kappa shape index (κ1) is 27.2. The van der Waals surface area contributed by atoms with Crippen molar-refractivity contribution in [3.63, 3.8) is 0 Å². The van der Waals surface area contributed by atoms with E-state index in [9.17, 15) is 35.5 Å². The van der Waals surface area contributed by atoms with E-state index in [4.69, 9.17) is 0 Å². The Hall–Kier alpha value is -4.96. The van der Waals surface area contributed by atoms with E-state index in [1.807, 2.05) is 0 Å². The van der Waals surface area contributed by atoms with E-state index < -0.39 is 58.7 Å². The highest BCUT2D eigenvalue weighted by Crippen LogP contribution is 2.50. The number of aromatic nitrogens is 8. The zero-order valence-electron chi connectivity index (χ0n) is 21.1. The molecule has 0 saturated heterocycles. The van der Waals surface area contributed by atoms with E-state index in [1.165, 1.54) is 12.4 Å². The average Bonchev–Trinajstić information content (AvgIpc) is 3.64. The van der Waals surface area contributed by atoms with Gasteiger partial charge in [-0.3, -0.25) is 9.78 Å². The molecular formula is C25H16F7N9O. The predicted octanol–water partition coefficient (Wildman–Crippen LogP) is 4.90.